The first-order chi connectivity index (χ1) is 11.2. The van der Waals surface area contributed by atoms with Crippen LogP contribution in [0.4, 0.5) is 5.69 Å². The fourth-order valence-corrected chi connectivity index (χ4v) is 1.89. The van der Waals surface area contributed by atoms with Gasteiger partial charge in [-0.15, -0.1) is 0 Å². The van der Waals surface area contributed by atoms with Crippen LogP contribution in [0.1, 0.15) is 5.56 Å². The Morgan fingerprint density at radius 1 is 1.17 bits per heavy atom. The summed E-state index contributed by atoms with van der Waals surface area (Å²) >= 11 is 0. The lowest BCUT2D eigenvalue weighted by Gasteiger charge is -2.10. The molecule has 1 aromatic heterocycles. The van der Waals surface area contributed by atoms with E-state index in [9.17, 15) is 10.1 Å². The first-order valence-corrected chi connectivity index (χ1v) is 6.73. The van der Waals surface area contributed by atoms with E-state index in [0.717, 1.165) is 5.56 Å². The molecular formula is C17H15N3O3. The predicted molar refractivity (Wildman–Crippen MR) is 86.0 cm³/mol. The molecule has 0 unspecified atom stereocenters. The van der Waals surface area contributed by atoms with Crippen LogP contribution in [0.2, 0.25) is 0 Å². The summed E-state index contributed by atoms with van der Waals surface area (Å²) in [7, 11) is 3.04. The molecule has 116 valence electrons. The van der Waals surface area contributed by atoms with E-state index in [0.29, 0.717) is 17.2 Å². The Hall–Kier alpha value is -3.33. The van der Waals surface area contributed by atoms with E-state index < -0.39 is 5.91 Å². The van der Waals surface area contributed by atoms with E-state index in [1.54, 1.807) is 42.7 Å². The van der Waals surface area contributed by atoms with Gasteiger partial charge in [0.05, 0.1) is 14.2 Å². The average Bonchev–Trinajstić information content (AvgIpc) is 2.60. The second-order valence-electron chi connectivity index (χ2n) is 4.47. The maximum atomic E-state index is 12.2. The van der Waals surface area contributed by atoms with Gasteiger partial charge < -0.3 is 14.8 Å². The molecule has 0 aliphatic carbocycles. The third kappa shape index (κ3) is 4.08. The summed E-state index contributed by atoms with van der Waals surface area (Å²) in [5.41, 5.74) is 1.22. The molecule has 0 saturated carbocycles. The van der Waals surface area contributed by atoms with Crippen LogP contribution in [-0.2, 0) is 4.79 Å². The molecule has 1 aromatic carbocycles. The standard InChI is InChI=1S/C17H15N3O3/c1-22-15-4-3-14(10-16(15)23-2)20-17(21)13(11-18)9-12-5-7-19-8-6-12/h3-10H,1-2H3,(H,20,21)/b13-9+. The number of benzene rings is 1. The quantitative estimate of drug-likeness (QED) is 0.678. The molecule has 23 heavy (non-hydrogen) atoms. The fourth-order valence-electron chi connectivity index (χ4n) is 1.89. The monoisotopic (exact) mass is 309 g/mol. The second-order valence-corrected chi connectivity index (χ2v) is 4.47. The van der Waals surface area contributed by atoms with Gasteiger partial charge in [0.1, 0.15) is 11.6 Å². The number of nitrogens with one attached hydrogen (secondary N) is 1. The minimum atomic E-state index is -0.503. The minimum Gasteiger partial charge on any atom is -0.493 e. The van der Waals surface area contributed by atoms with Crippen molar-refractivity contribution < 1.29 is 14.3 Å². The summed E-state index contributed by atoms with van der Waals surface area (Å²) in [6, 6.07) is 10.3. The van der Waals surface area contributed by atoms with E-state index in [2.05, 4.69) is 10.3 Å². The zero-order valence-corrected chi connectivity index (χ0v) is 12.7. The van der Waals surface area contributed by atoms with Gasteiger partial charge in [-0.2, -0.15) is 5.26 Å². The highest BCUT2D eigenvalue weighted by atomic mass is 16.5. The SMILES string of the molecule is COc1ccc(NC(=O)/C(C#N)=C/c2ccncc2)cc1OC. The molecule has 6 heteroatoms. The van der Waals surface area contributed by atoms with Crippen LogP contribution in [-0.4, -0.2) is 25.1 Å². The molecule has 0 fully saturated rings. The van der Waals surface area contributed by atoms with E-state index in [4.69, 9.17) is 9.47 Å². The summed E-state index contributed by atoms with van der Waals surface area (Å²) in [4.78, 5) is 16.1. The minimum absolute atomic E-state index is 0.00835. The van der Waals surface area contributed by atoms with Crippen LogP contribution in [0.5, 0.6) is 11.5 Å². The number of methoxy groups -OCH3 is 2. The number of hydrogen-bond acceptors (Lipinski definition) is 5. The van der Waals surface area contributed by atoms with Crippen LogP contribution >= 0.6 is 0 Å². The summed E-state index contributed by atoms with van der Waals surface area (Å²) in [6.07, 6.45) is 4.68. The lowest BCUT2D eigenvalue weighted by atomic mass is 10.1. The number of carbonyl (C=O) groups excluding carboxylic acids is 1. The molecule has 1 heterocycles. The van der Waals surface area contributed by atoms with Gasteiger partial charge >= 0.3 is 0 Å². The van der Waals surface area contributed by atoms with Crippen LogP contribution < -0.4 is 14.8 Å². The predicted octanol–water partition coefficient (Wildman–Crippen LogP) is 2.64. The Balaban J connectivity index is 2.20. The Labute approximate surface area is 134 Å². The number of carbonyl (C=O) groups is 1. The first-order valence-electron chi connectivity index (χ1n) is 6.73. The van der Waals surface area contributed by atoms with Crippen molar-refractivity contribution in [2.24, 2.45) is 0 Å². The number of nitriles is 1. The van der Waals surface area contributed by atoms with Gasteiger partial charge in [-0.3, -0.25) is 9.78 Å². The van der Waals surface area contributed by atoms with E-state index in [-0.39, 0.29) is 5.57 Å². The number of amides is 1. The number of nitrogens with zero attached hydrogens (tertiary/aromatic N) is 2. The first kappa shape index (κ1) is 16.0. The zero-order valence-electron chi connectivity index (χ0n) is 12.7. The number of aromatic nitrogens is 1. The molecular weight excluding hydrogens is 294 g/mol. The molecule has 1 N–H and O–H groups in total. The highest BCUT2D eigenvalue weighted by Gasteiger charge is 2.11. The van der Waals surface area contributed by atoms with Crippen molar-refractivity contribution in [2.45, 2.75) is 0 Å². The summed E-state index contributed by atoms with van der Waals surface area (Å²) in [6.45, 7) is 0. The van der Waals surface area contributed by atoms with Crippen molar-refractivity contribution in [2.75, 3.05) is 19.5 Å². The Bertz CT molecular complexity index is 764. The van der Waals surface area contributed by atoms with Crippen molar-refractivity contribution >= 4 is 17.7 Å². The Morgan fingerprint density at radius 2 is 1.87 bits per heavy atom. The Morgan fingerprint density at radius 3 is 2.48 bits per heavy atom. The molecule has 0 aliphatic heterocycles. The number of pyridine rings is 1. The molecule has 0 radical (unpaired) electrons. The molecule has 1 amide bonds. The number of rotatable bonds is 5. The maximum Gasteiger partial charge on any atom is 0.266 e. The second kappa shape index (κ2) is 7.61. The van der Waals surface area contributed by atoms with Crippen LogP contribution in [0.25, 0.3) is 6.08 Å². The molecule has 6 nitrogen and oxygen atoms in total. The van der Waals surface area contributed by atoms with Crippen LogP contribution in [0, 0.1) is 11.3 Å². The van der Waals surface area contributed by atoms with Crippen molar-refractivity contribution in [3.63, 3.8) is 0 Å². The number of ether oxygens (including phenoxy) is 2. The van der Waals surface area contributed by atoms with Crippen molar-refractivity contribution in [1.82, 2.24) is 4.98 Å². The lowest BCUT2D eigenvalue weighted by Crippen LogP contribution is -2.13. The summed E-state index contributed by atoms with van der Waals surface area (Å²) in [5.74, 6) is 0.539. The van der Waals surface area contributed by atoms with Gasteiger partial charge in [0.15, 0.2) is 11.5 Å². The topological polar surface area (TPSA) is 84.2 Å². The van der Waals surface area contributed by atoms with Gasteiger partial charge in [-0.05, 0) is 35.9 Å². The van der Waals surface area contributed by atoms with Crippen LogP contribution in [0.3, 0.4) is 0 Å². The van der Waals surface area contributed by atoms with Crippen molar-refractivity contribution in [3.05, 3.63) is 53.9 Å². The van der Waals surface area contributed by atoms with E-state index in [1.807, 2.05) is 6.07 Å². The van der Waals surface area contributed by atoms with Crippen molar-refractivity contribution in [1.29, 1.82) is 5.26 Å². The maximum absolute atomic E-state index is 12.2. The normalized spacial score (nSPS) is 10.6. The third-order valence-corrected chi connectivity index (χ3v) is 3.02. The number of anilines is 1. The Kier molecular flexibility index (Phi) is 5.31. The zero-order chi connectivity index (χ0) is 16.7. The molecule has 2 aromatic rings. The molecule has 0 spiro atoms. The summed E-state index contributed by atoms with van der Waals surface area (Å²) in [5, 5.41) is 11.8. The molecule has 0 saturated heterocycles. The van der Waals surface area contributed by atoms with Gasteiger partial charge in [-0.25, -0.2) is 0 Å². The van der Waals surface area contributed by atoms with Gasteiger partial charge in [0, 0.05) is 24.1 Å². The highest BCUT2D eigenvalue weighted by molar-refractivity contribution is 6.09. The van der Waals surface area contributed by atoms with Gasteiger partial charge in [0.25, 0.3) is 5.91 Å². The van der Waals surface area contributed by atoms with Gasteiger partial charge in [-0.1, -0.05) is 0 Å². The smallest absolute Gasteiger partial charge is 0.266 e. The highest BCUT2D eigenvalue weighted by Crippen LogP contribution is 2.29. The molecule has 2 rings (SSSR count). The van der Waals surface area contributed by atoms with Gasteiger partial charge in [0.2, 0.25) is 0 Å². The largest absolute Gasteiger partial charge is 0.493 e. The third-order valence-electron chi connectivity index (χ3n) is 3.02. The van der Waals surface area contributed by atoms with Crippen LogP contribution in [0.15, 0.2) is 48.3 Å². The van der Waals surface area contributed by atoms with E-state index in [1.165, 1.54) is 20.3 Å². The fraction of sp³-hybridized carbons (Fsp3) is 0.118. The molecule has 0 aliphatic rings. The van der Waals surface area contributed by atoms with E-state index >= 15 is 0 Å². The summed E-state index contributed by atoms with van der Waals surface area (Å²) < 4.78 is 10.3. The number of hydrogen-bond donors (Lipinski definition) is 1. The average molecular weight is 309 g/mol. The molecule has 0 bridgehead atoms. The van der Waals surface area contributed by atoms with Crippen molar-refractivity contribution in [3.8, 4) is 17.6 Å². The lowest BCUT2D eigenvalue weighted by molar-refractivity contribution is -0.112. The molecule has 0 atom stereocenters.